The van der Waals surface area contributed by atoms with E-state index in [0.717, 1.165) is 23.7 Å². The van der Waals surface area contributed by atoms with Crippen LogP contribution in [-0.2, 0) is 6.42 Å². The van der Waals surface area contributed by atoms with E-state index in [9.17, 15) is 0 Å². The van der Waals surface area contributed by atoms with Crippen LogP contribution in [0.1, 0.15) is 87.8 Å². The van der Waals surface area contributed by atoms with Crippen molar-refractivity contribution in [3.8, 4) is 0 Å². The first-order valence-electron chi connectivity index (χ1n) is 10.8. The maximum absolute atomic E-state index is 4.50. The second kappa shape index (κ2) is 7.82. The molecule has 3 aliphatic rings. The number of nitrogens with two attached hydrogens (primary N) is 1. The summed E-state index contributed by atoms with van der Waals surface area (Å²) in [4.78, 5) is 0. The minimum absolute atomic E-state index is 0.665. The number of benzene rings is 1. The van der Waals surface area contributed by atoms with E-state index in [-0.39, 0.29) is 0 Å². The molecule has 140 valence electrons. The molecule has 0 heterocycles. The van der Waals surface area contributed by atoms with Gasteiger partial charge in [-0.3, -0.25) is 0 Å². The highest BCUT2D eigenvalue weighted by molar-refractivity contribution is 5.37. The highest BCUT2D eigenvalue weighted by Crippen LogP contribution is 2.63. The van der Waals surface area contributed by atoms with Crippen molar-refractivity contribution in [1.82, 2.24) is 0 Å². The summed E-state index contributed by atoms with van der Waals surface area (Å²) in [6.45, 7) is 7.28. The summed E-state index contributed by atoms with van der Waals surface area (Å²) in [5.74, 6) is 3.89. The van der Waals surface area contributed by atoms with Crippen LogP contribution in [0.4, 0.5) is 0 Å². The average molecular weight is 342 g/mol. The second-order valence-corrected chi connectivity index (χ2v) is 9.08. The van der Waals surface area contributed by atoms with E-state index in [2.05, 4.69) is 44.7 Å². The number of aryl methyl sites for hydroxylation is 2. The molecule has 3 aliphatic carbocycles. The minimum atomic E-state index is 0.665. The van der Waals surface area contributed by atoms with Gasteiger partial charge in [-0.25, -0.2) is 0 Å². The molecule has 0 bridgehead atoms. The van der Waals surface area contributed by atoms with Gasteiger partial charge in [0.05, 0.1) is 0 Å². The van der Waals surface area contributed by atoms with Crippen LogP contribution in [0.15, 0.2) is 18.2 Å². The van der Waals surface area contributed by atoms with E-state index in [1.807, 2.05) is 0 Å². The van der Waals surface area contributed by atoms with E-state index in [4.69, 9.17) is 0 Å². The van der Waals surface area contributed by atoms with Gasteiger partial charge in [0.2, 0.25) is 0 Å². The summed E-state index contributed by atoms with van der Waals surface area (Å²) in [5.41, 5.74) is 10.0. The zero-order chi connectivity index (χ0) is 18.0. The molecule has 1 heteroatoms. The average Bonchev–Trinajstić information content (AvgIpc) is 2.97. The lowest BCUT2D eigenvalue weighted by Crippen LogP contribution is -2.42. The van der Waals surface area contributed by atoms with E-state index >= 15 is 0 Å². The Balaban J connectivity index is 0.000000880. The standard InChI is InChI=1S/C23H34.CH5N/c1-4-5-6-18-9-12-22-21-11-8-17-15-16(2)7-10-19(17)20(21)13-14-23(18,22)3;1-2/h7,10,15,18,20-22H,4-6,8-9,11-14H2,1-3H3;2H2,1H3. The lowest BCUT2D eigenvalue weighted by Gasteiger charge is -2.51. The van der Waals surface area contributed by atoms with Crippen molar-refractivity contribution >= 4 is 0 Å². The molecule has 1 aromatic rings. The molecule has 1 aromatic carbocycles. The van der Waals surface area contributed by atoms with E-state index in [1.165, 1.54) is 70.4 Å². The van der Waals surface area contributed by atoms with Gasteiger partial charge in [-0.05, 0) is 99.1 Å². The first kappa shape index (κ1) is 19.0. The third-order valence-corrected chi connectivity index (χ3v) is 7.98. The molecule has 2 N–H and O–H groups in total. The predicted molar refractivity (Wildman–Crippen MR) is 109 cm³/mol. The molecule has 5 atom stereocenters. The molecule has 25 heavy (non-hydrogen) atoms. The zero-order valence-electron chi connectivity index (χ0n) is 17.0. The third-order valence-electron chi connectivity index (χ3n) is 7.98. The van der Waals surface area contributed by atoms with Crippen molar-refractivity contribution < 1.29 is 0 Å². The van der Waals surface area contributed by atoms with Gasteiger partial charge >= 0.3 is 0 Å². The second-order valence-electron chi connectivity index (χ2n) is 9.08. The monoisotopic (exact) mass is 341 g/mol. The summed E-state index contributed by atoms with van der Waals surface area (Å²) in [5, 5.41) is 0. The van der Waals surface area contributed by atoms with Crippen molar-refractivity contribution in [1.29, 1.82) is 0 Å². The van der Waals surface area contributed by atoms with Crippen LogP contribution in [0.3, 0.4) is 0 Å². The normalized spacial score (nSPS) is 35.9. The predicted octanol–water partition coefficient (Wildman–Crippen LogP) is 6.23. The quantitative estimate of drug-likeness (QED) is 0.692. The summed E-state index contributed by atoms with van der Waals surface area (Å²) >= 11 is 0. The number of fused-ring (bicyclic) bond motifs is 5. The van der Waals surface area contributed by atoms with Crippen molar-refractivity contribution in [3.05, 3.63) is 34.9 Å². The molecular weight excluding hydrogens is 302 g/mol. The lowest BCUT2D eigenvalue weighted by atomic mass is 9.54. The van der Waals surface area contributed by atoms with Crippen LogP contribution in [0.2, 0.25) is 0 Å². The topological polar surface area (TPSA) is 26.0 Å². The molecule has 5 unspecified atom stereocenters. The summed E-state index contributed by atoms with van der Waals surface area (Å²) in [6.07, 6.45) is 13.1. The molecule has 1 nitrogen and oxygen atoms in total. The van der Waals surface area contributed by atoms with Gasteiger partial charge in [0.25, 0.3) is 0 Å². The molecule has 0 aromatic heterocycles. The van der Waals surface area contributed by atoms with Crippen LogP contribution in [0.25, 0.3) is 0 Å². The molecule has 0 aliphatic heterocycles. The van der Waals surface area contributed by atoms with Gasteiger partial charge in [-0.1, -0.05) is 50.5 Å². The summed E-state index contributed by atoms with van der Waals surface area (Å²) in [7, 11) is 1.50. The Morgan fingerprint density at radius 3 is 2.68 bits per heavy atom. The van der Waals surface area contributed by atoms with Gasteiger partial charge in [0.1, 0.15) is 0 Å². The number of rotatable bonds is 3. The fourth-order valence-corrected chi connectivity index (χ4v) is 6.74. The molecule has 2 saturated carbocycles. The molecule has 0 amide bonds. The fourth-order valence-electron chi connectivity index (χ4n) is 6.74. The van der Waals surface area contributed by atoms with E-state index in [0.29, 0.717) is 5.41 Å². The van der Waals surface area contributed by atoms with Crippen molar-refractivity contribution in [2.75, 3.05) is 7.05 Å². The van der Waals surface area contributed by atoms with Crippen LogP contribution in [-0.4, -0.2) is 7.05 Å². The Bertz CT molecular complexity index is 577. The van der Waals surface area contributed by atoms with Crippen LogP contribution < -0.4 is 5.73 Å². The Hall–Kier alpha value is -0.820. The molecule has 2 fully saturated rings. The van der Waals surface area contributed by atoms with Crippen molar-refractivity contribution in [2.24, 2.45) is 28.9 Å². The summed E-state index contributed by atoms with van der Waals surface area (Å²) < 4.78 is 0. The smallest absolute Gasteiger partial charge is 0.0128 e. The highest BCUT2D eigenvalue weighted by atomic mass is 14.6. The Morgan fingerprint density at radius 1 is 1.12 bits per heavy atom. The summed E-state index contributed by atoms with van der Waals surface area (Å²) in [6, 6.07) is 7.31. The van der Waals surface area contributed by atoms with E-state index in [1.54, 1.807) is 11.1 Å². The number of hydrogen-bond acceptors (Lipinski definition) is 1. The maximum Gasteiger partial charge on any atom is -0.0128 e. The molecule has 4 rings (SSSR count). The molecular formula is C24H39N. The van der Waals surface area contributed by atoms with E-state index < -0.39 is 0 Å². The molecule has 0 radical (unpaired) electrons. The van der Waals surface area contributed by atoms with Gasteiger partial charge in [-0.15, -0.1) is 0 Å². The zero-order valence-corrected chi connectivity index (χ0v) is 17.0. The van der Waals surface area contributed by atoms with Gasteiger partial charge in [0, 0.05) is 0 Å². The maximum atomic E-state index is 4.50. The Kier molecular flexibility index (Phi) is 5.93. The van der Waals surface area contributed by atoms with Crippen LogP contribution >= 0.6 is 0 Å². The minimum Gasteiger partial charge on any atom is -0.333 e. The van der Waals surface area contributed by atoms with Gasteiger partial charge < -0.3 is 5.73 Å². The Morgan fingerprint density at radius 2 is 1.92 bits per heavy atom. The highest BCUT2D eigenvalue weighted by Gasteiger charge is 2.54. The number of hydrogen-bond donors (Lipinski definition) is 1. The Labute approximate surface area is 155 Å². The molecule has 0 spiro atoms. The SMILES string of the molecule is CCCCC1CCC2C3CCc4cc(C)ccc4C3CCC12C.CN. The van der Waals surface area contributed by atoms with Crippen molar-refractivity contribution in [3.63, 3.8) is 0 Å². The third kappa shape index (κ3) is 3.29. The first-order chi connectivity index (χ1) is 12.1. The largest absolute Gasteiger partial charge is 0.333 e. The van der Waals surface area contributed by atoms with Gasteiger partial charge in [0.15, 0.2) is 0 Å². The van der Waals surface area contributed by atoms with Crippen LogP contribution in [0, 0.1) is 30.1 Å². The van der Waals surface area contributed by atoms with Crippen molar-refractivity contribution in [2.45, 2.75) is 84.5 Å². The van der Waals surface area contributed by atoms with Crippen LogP contribution in [0.5, 0.6) is 0 Å². The molecule has 0 saturated heterocycles. The number of unbranched alkanes of at least 4 members (excludes halogenated alkanes) is 1. The lowest BCUT2D eigenvalue weighted by molar-refractivity contribution is 0.0253. The fraction of sp³-hybridized carbons (Fsp3) is 0.750. The van der Waals surface area contributed by atoms with Gasteiger partial charge in [-0.2, -0.15) is 0 Å². The first-order valence-corrected chi connectivity index (χ1v) is 10.8.